The molecule has 0 fully saturated rings. The molecule has 2 N–H and O–H groups in total. The van der Waals surface area contributed by atoms with Crippen molar-refractivity contribution in [3.63, 3.8) is 0 Å². The molecule has 0 aliphatic heterocycles. The Labute approximate surface area is 195 Å². The monoisotopic (exact) mass is 461 g/mol. The highest BCUT2D eigenvalue weighted by molar-refractivity contribution is 5.88. The molecule has 7 heteroatoms. The lowest BCUT2D eigenvalue weighted by Gasteiger charge is -2.30. The minimum atomic E-state index is -0.901. The Morgan fingerprint density at radius 1 is 1.12 bits per heavy atom. The van der Waals surface area contributed by atoms with Crippen molar-refractivity contribution in [1.82, 2.24) is 4.90 Å². The van der Waals surface area contributed by atoms with E-state index in [2.05, 4.69) is 4.90 Å². The van der Waals surface area contributed by atoms with Gasteiger partial charge in [-0.3, -0.25) is 9.69 Å². The number of carboxylic acid groups (broad SMARTS) is 1. The summed E-state index contributed by atoms with van der Waals surface area (Å²) in [7, 11) is 0. The van der Waals surface area contributed by atoms with E-state index in [4.69, 9.17) is 4.74 Å². The van der Waals surface area contributed by atoms with Crippen LogP contribution >= 0.6 is 12.4 Å². The molecule has 0 bridgehead atoms. The minimum Gasteiger partial charge on any atom is -0.508 e. The number of carbonyl (C=O) groups is 2. The summed E-state index contributed by atoms with van der Waals surface area (Å²) in [6, 6.07) is 13.0. The number of hydrogen-bond acceptors (Lipinski definition) is 5. The molecular formula is C25H32ClNO5. The molecule has 1 atom stereocenters. The van der Waals surface area contributed by atoms with Gasteiger partial charge < -0.3 is 14.9 Å². The largest absolute Gasteiger partial charge is 0.508 e. The Balaban J connectivity index is 0.00000363. The predicted octanol–water partition coefficient (Wildman–Crippen LogP) is 4.78. The van der Waals surface area contributed by atoms with Gasteiger partial charge in [-0.15, -0.1) is 12.4 Å². The van der Waals surface area contributed by atoms with Crippen LogP contribution in [0.4, 0.5) is 0 Å². The molecule has 0 radical (unpaired) electrons. The SMILES string of the molecule is CCOC(=O)CCCCN(CCc1ccccc1O)C1CCc2cc(C(=O)O)ccc21.Cl. The van der Waals surface area contributed by atoms with E-state index in [1.165, 1.54) is 5.56 Å². The number of unbranched alkanes of at least 4 members (excludes halogenated alkanes) is 1. The number of carboxylic acids is 1. The van der Waals surface area contributed by atoms with Gasteiger partial charge in [0.2, 0.25) is 0 Å². The molecule has 2 aromatic carbocycles. The van der Waals surface area contributed by atoms with Crippen LogP contribution in [-0.4, -0.2) is 46.7 Å². The first-order valence-corrected chi connectivity index (χ1v) is 11.0. The second-order valence-electron chi connectivity index (χ2n) is 7.95. The van der Waals surface area contributed by atoms with Crippen molar-refractivity contribution >= 4 is 24.3 Å². The molecule has 0 amide bonds. The molecule has 1 unspecified atom stereocenters. The number of benzene rings is 2. The molecule has 3 rings (SSSR count). The van der Waals surface area contributed by atoms with Gasteiger partial charge in [-0.05, 0) is 80.5 Å². The third-order valence-corrected chi connectivity index (χ3v) is 5.92. The lowest BCUT2D eigenvalue weighted by molar-refractivity contribution is -0.143. The Morgan fingerprint density at radius 2 is 1.91 bits per heavy atom. The number of phenolic OH excluding ortho intramolecular Hbond substituents is 1. The average molecular weight is 462 g/mol. The highest BCUT2D eigenvalue weighted by atomic mass is 35.5. The van der Waals surface area contributed by atoms with Crippen LogP contribution < -0.4 is 0 Å². The number of halogens is 1. The van der Waals surface area contributed by atoms with Crippen LogP contribution in [-0.2, 0) is 22.4 Å². The minimum absolute atomic E-state index is 0. The third-order valence-electron chi connectivity index (χ3n) is 5.92. The molecule has 1 aliphatic carbocycles. The van der Waals surface area contributed by atoms with Crippen LogP contribution in [0.5, 0.6) is 5.75 Å². The number of carbonyl (C=O) groups excluding carboxylic acids is 1. The first-order valence-electron chi connectivity index (χ1n) is 11.0. The number of nitrogens with zero attached hydrogens (tertiary/aromatic N) is 1. The van der Waals surface area contributed by atoms with Crippen LogP contribution in [0.1, 0.15) is 65.7 Å². The van der Waals surface area contributed by atoms with Crippen molar-refractivity contribution in [3.05, 3.63) is 64.7 Å². The molecule has 174 valence electrons. The van der Waals surface area contributed by atoms with Crippen LogP contribution in [0.2, 0.25) is 0 Å². The zero-order valence-electron chi connectivity index (χ0n) is 18.5. The lowest BCUT2D eigenvalue weighted by atomic mass is 10.0. The van der Waals surface area contributed by atoms with Gasteiger partial charge in [0.05, 0.1) is 12.2 Å². The van der Waals surface area contributed by atoms with Gasteiger partial charge in [0.15, 0.2) is 0 Å². The number of esters is 1. The molecule has 1 aliphatic rings. The van der Waals surface area contributed by atoms with Gasteiger partial charge in [0, 0.05) is 19.0 Å². The van der Waals surface area contributed by atoms with E-state index < -0.39 is 5.97 Å². The third kappa shape index (κ3) is 6.71. The maximum absolute atomic E-state index is 11.6. The van der Waals surface area contributed by atoms with Crippen molar-refractivity contribution in [2.24, 2.45) is 0 Å². The van der Waals surface area contributed by atoms with E-state index in [0.717, 1.165) is 56.3 Å². The van der Waals surface area contributed by atoms with Crippen molar-refractivity contribution in [2.45, 2.75) is 51.5 Å². The van der Waals surface area contributed by atoms with Gasteiger partial charge >= 0.3 is 11.9 Å². The number of para-hydroxylation sites is 1. The fourth-order valence-electron chi connectivity index (χ4n) is 4.33. The second-order valence-corrected chi connectivity index (χ2v) is 7.95. The summed E-state index contributed by atoms with van der Waals surface area (Å²) in [5.41, 5.74) is 3.53. The van der Waals surface area contributed by atoms with Crippen molar-refractivity contribution in [3.8, 4) is 5.75 Å². The molecule has 0 spiro atoms. The second kappa shape index (κ2) is 12.5. The maximum Gasteiger partial charge on any atom is 0.335 e. The molecular weight excluding hydrogens is 430 g/mol. The molecule has 32 heavy (non-hydrogen) atoms. The van der Waals surface area contributed by atoms with E-state index in [0.29, 0.717) is 24.3 Å². The van der Waals surface area contributed by atoms with Crippen molar-refractivity contribution in [2.75, 3.05) is 19.7 Å². The summed E-state index contributed by atoms with van der Waals surface area (Å²) in [5, 5.41) is 19.4. The van der Waals surface area contributed by atoms with E-state index >= 15 is 0 Å². The van der Waals surface area contributed by atoms with Crippen molar-refractivity contribution in [1.29, 1.82) is 0 Å². The van der Waals surface area contributed by atoms with Crippen LogP contribution in [0.15, 0.2) is 42.5 Å². The van der Waals surface area contributed by atoms with Gasteiger partial charge in [-0.2, -0.15) is 0 Å². The number of aryl methyl sites for hydroxylation is 1. The summed E-state index contributed by atoms with van der Waals surface area (Å²) in [6.45, 7) is 3.83. The van der Waals surface area contributed by atoms with Crippen molar-refractivity contribution < 1.29 is 24.5 Å². The fraction of sp³-hybridized carbons (Fsp3) is 0.440. The number of phenols is 1. The van der Waals surface area contributed by atoms with E-state index in [1.54, 1.807) is 18.2 Å². The highest BCUT2D eigenvalue weighted by Gasteiger charge is 2.28. The molecule has 0 saturated heterocycles. The lowest BCUT2D eigenvalue weighted by Crippen LogP contribution is -2.31. The predicted molar refractivity (Wildman–Crippen MR) is 126 cm³/mol. The Bertz CT molecular complexity index is 917. The number of rotatable bonds is 11. The standard InChI is InChI=1S/C25H31NO5.ClH/c1-2-31-24(28)9-5-6-15-26(16-14-18-7-3-4-8-23(18)27)22-13-11-19-17-20(25(29)30)10-12-21(19)22;/h3-4,7-8,10,12,17,22,27H,2,5-6,9,11,13-16H2,1H3,(H,29,30);1H. The number of aromatic carboxylic acids is 1. The van der Waals surface area contributed by atoms with E-state index in [1.807, 2.05) is 31.2 Å². The number of ether oxygens (including phenoxy) is 1. The fourth-order valence-corrected chi connectivity index (χ4v) is 4.33. The number of fused-ring (bicyclic) bond motifs is 1. The zero-order chi connectivity index (χ0) is 22.2. The Kier molecular flexibility index (Phi) is 10.0. The first-order chi connectivity index (χ1) is 15.0. The van der Waals surface area contributed by atoms with Crippen LogP contribution in [0, 0.1) is 0 Å². The smallest absolute Gasteiger partial charge is 0.335 e. The van der Waals surface area contributed by atoms with Gasteiger partial charge in [-0.25, -0.2) is 4.79 Å². The van der Waals surface area contributed by atoms with Crippen LogP contribution in [0.25, 0.3) is 0 Å². The highest BCUT2D eigenvalue weighted by Crippen LogP contribution is 2.37. The molecule has 0 aromatic heterocycles. The maximum atomic E-state index is 11.6. The Morgan fingerprint density at radius 3 is 2.62 bits per heavy atom. The quantitative estimate of drug-likeness (QED) is 0.370. The van der Waals surface area contributed by atoms with E-state index in [9.17, 15) is 19.8 Å². The molecule has 0 heterocycles. The molecule has 0 saturated carbocycles. The molecule has 6 nitrogen and oxygen atoms in total. The topological polar surface area (TPSA) is 87.1 Å². The summed E-state index contributed by atoms with van der Waals surface area (Å²) >= 11 is 0. The normalized spacial score (nSPS) is 14.6. The number of hydrogen-bond donors (Lipinski definition) is 2. The van der Waals surface area contributed by atoms with Gasteiger partial charge in [0.25, 0.3) is 0 Å². The summed E-state index contributed by atoms with van der Waals surface area (Å²) in [6.07, 6.45) is 4.59. The van der Waals surface area contributed by atoms with Crippen LogP contribution in [0.3, 0.4) is 0 Å². The van der Waals surface area contributed by atoms with E-state index in [-0.39, 0.29) is 24.4 Å². The summed E-state index contributed by atoms with van der Waals surface area (Å²) in [5.74, 6) is -0.750. The number of aromatic hydroxyl groups is 1. The molecule has 2 aromatic rings. The zero-order valence-corrected chi connectivity index (χ0v) is 19.3. The summed E-state index contributed by atoms with van der Waals surface area (Å²) < 4.78 is 5.02. The van der Waals surface area contributed by atoms with Gasteiger partial charge in [0.1, 0.15) is 5.75 Å². The Hall–Kier alpha value is -2.57. The van der Waals surface area contributed by atoms with Gasteiger partial charge in [-0.1, -0.05) is 24.3 Å². The first kappa shape index (κ1) is 25.7. The average Bonchev–Trinajstić information content (AvgIpc) is 3.17. The summed E-state index contributed by atoms with van der Waals surface area (Å²) in [4.78, 5) is 25.3.